The molecule has 4 rings (SSSR count). The number of aromatic nitrogens is 1. The standard InChI is InChI=1S/C26H26Cl2N4O8S4/c27-16-1-2-18(28)19(11-16)42-14-21(34)30-22-24(35)32-23(26(36)37)15(13-43-25(22)32)12-41-17-3-7-31(8-4-17)9-5-20(33)29-6-10-44(38,39)40/h1-4,7-8,11,22,25H,5-6,9-10,12-14H2,(H3-,29,30,33,34,36,37,38,39,40)/p+1/t22-,25+/m0/s1. The number of carboxylic acids is 1. The molecule has 12 nitrogen and oxygen atoms in total. The van der Waals surface area contributed by atoms with E-state index in [-0.39, 0.29) is 36.2 Å². The Labute approximate surface area is 276 Å². The number of hydrogen-bond donors (Lipinski definition) is 4. The van der Waals surface area contributed by atoms with Crippen molar-refractivity contribution in [1.82, 2.24) is 15.5 Å². The highest BCUT2D eigenvalue weighted by Crippen LogP contribution is 2.41. The summed E-state index contributed by atoms with van der Waals surface area (Å²) in [5, 5.41) is 15.5. The molecule has 2 atom stereocenters. The molecule has 4 N–H and O–H groups in total. The first-order valence-electron chi connectivity index (χ1n) is 12.9. The summed E-state index contributed by atoms with van der Waals surface area (Å²) in [5.74, 6) is -2.27. The zero-order valence-corrected chi connectivity index (χ0v) is 27.6. The van der Waals surface area contributed by atoms with Crippen molar-refractivity contribution < 1.29 is 41.8 Å². The van der Waals surface area contributed by atoms with Crippen molar-refractivity contribution in [2.24, 2.45) is 0 Å². The van der Waals surface area contributed by atoms with Gasteiger partial charge in [-0.05, 0) is 23.8 Å². The maximum absolute atomic E-state index is 13.0. The molecule has 44 heavy (non-hydrogen) atoms. The molecule has 0 saturated carbocycles. The first-order chi connectivity index (χ1) is 20.8. The number of carbonyl (C=O) groups excluding carboxylic acids is 3. The van der Waals surface area contributed by atoms with Gasteiger partial charge in [-0.15, -0.1) is 35.3 Å². The van der Waals surface area contributed by atoms with Gasteiger partial charge in [0.05, 0.1) is 22.9 Å². The highest BCUT2D eigenvalue weighted by Gasteiger charge is 2.54. The van der Waals surface area contributed by atoms with Crippen LogP contribution in [0.5, 0.6) is 0 Å². The smallest absolute Gasteiger partial charge is 0.352 e. The maximum atomic E-state index is 13.0. The number of nitrogens with one attached hydrogen (secondary N) is 2. The van der Waals surface area contributed by atoms with Crippen molar-refractivity contribution in [3.63, 3.8) is 0 Å². The van der Waals surface area contributed by atoms with E-state index < -0.39 is 39.2 Å². The number of aliphatic carboxylic acids is 1. The first-order valence-corrected chi connectivity index (χ1v) is 18.3. The average molecular weight is 723 g/mol. The lowest BCUT2D eigenvalue weighted by Gasteiger charge is -2.49. The van der Waals surface area contributed by atoms with Crippen LogP contribution in [0.4, 0.5) is 0 Å². The number of aryl methyl sites for hydroxylation is 1. The predicted molar refractivity (Wildman–Crippen MR) is 168 cm³/mol. The summed E-state index contributed by atoms with van der Waals surface area (Å²) in [7, 11) is -4.14. The molecule has 0 aliphatic carbocycles. The van der Waals surface area contributed by atoms with Crippen molar-refractivity contribution in [3.8, 4) is 0 Å². The van der Waals surface area contributed by atoms with E-state index in [9.17, 15) is 32.7 Å². The number of nitrogens with zero attached hydrogens (tertiary/aromatic N) is 2. The summed E-state index contributed by atoms with van der Waals surface area (Å²) >= 11 is 16.1. The molecule has 1 saturated heterocycles. The Bertz CT molecular complexity index is 1590. The Balaban J connectivity index is 1.28. The van der Waals surface area contributed by atoms with Gasteiger partial charge in [0.2, 0.25) is 11.8 Å². The van der Waals surface area contributed by atoms with E-state index in [0.717, 1.165) is 4.90 Å². The molecular weight excluding hydrogens is 695 g/mol. The molecule has 1 aromatic heterocycles. The minimum absolute atomic E-state index is 0.00602. The Hall–Kier alpha value is -2.47. The third-order valence-corrected chi connectivity index (χ3v) is 11.3. The zero-order chi connectivity index (χ0) is 32.0. The van der Waals surface area contributed by atoms with Crippen LogP contribution in [-0.4, -0.2) is 87.6 Å². The van der Waals surface area contributed by atoms with E-state index in [1.54, 1.807) is 35.2 Å². The molecule has 2 aromatic rings. The summed E-state index contributed by atoms with van der Waals surface area (Å²) in [4.78, 5) is 52.3. The van der Waals surface area contributed by atoms with Crippen molar-refractivity contribution in [2.75, 3.05) is 29.6 Å². The van der Waals surface area contributed by atoms with Crippen LogP contribution in [0.2, 0.25) is 10.0 Å². The number of rotatable bonds is 14. The second-order valence-electron chi connectivity index (χ2n) is 9.52. The van der Waals surface area contributed by atoms with Crippen molar-refractivity contribution >= 4 is 92.3 Å². The van der Waals surface area contributed by atoms with E-state index in [4.69, 9.17) is 27.8 Å². The topological polar surface area (TPSA) is 174 Å². The molecule has 3 amide bonds. The van der Waals surface area contributed by atoms with E-state index in [1.165, 1.54) is 40.2 Å². The van der Waals surface area contributed by atoms with E-state index >= 15 is 0 Å². The number of halogens is 2. The summed E-state index contributed by atoms with van der Waals surface area (Å²) in [5.41, 5.74) is 0.522. The van der Waals surface area contributed by atoms with Gasteiger partial charge in [-0.25, -0.2) is 9.36 Å². The van der Waals surface area contributed by atoms with Crippen molar-refractivity contribution in [3.05, 3.63) is 64.0 Å². The summed E-state index contributed by atoms with van der Waals surface area (Å²) in [6.07, 6.45) is 3.63. The van der Waals surface area contributed by atoms with Crippen LogP contribution in [0.15, 0.2) is 63.8 Å². The van der Waals surface area contributed by atoms with Crippen molar-refractivity contribution in [2.45, 2.75) is 34.2 Å². The third kappa shape index (κ3) is 9.28. The second kappa shape index (κ2) is 15.2. The number of β-lactam (4-membered cyclic amide) rings is 1. The van der Waals surface area contributed by atoms with Crippen LogP contribution in [0.1, 0.15) is 6.42 Å². The van der Waals surface area contributed by atoms with Crippen LogP contribution in [0.25, 0.3) is 0 Å². The van der Waals surface area contributed by atoms with Crippen molar-refractivity contribution in [1.29, 1.82) is 0 Å². The summed E-state index contributed by atoms with van der Waals surface area (Å²) < 4.78 is 31.9. The number of benzene rings is 1. The molecular formula is C26H27Cl2N4O8S4+. The molecule has 2 aliphatic rings. The van der Waals surface area contributed by atoms with Gasteiger partial charge in [-0.1, -0.05) is 23.2 Å². The van der Waals surface area contributed by atoms with Crippen LogP contribution >= 0.6 is 58.5 Å². The fourth-order valence-corrected chi connectivity index (χ4v) is 8.27. The molecule has 0 bridgehead atoms. The quantitative estimate of drug-likeness (QED) is 0.0976. The molecule has 3 heterocycles. The molecule has 0 radical (unpaired) electrons. The fourth-order valence-electron chi connectivity index (χ4n) is 4.24. The predicted octanol–water partition coefficient (Wildman–Crippen LogP) is 2.30. The van der Waals surface area contributed by atoms with Gasteiger partial charge in [0.15, 0.2) is 18.9 Å². The van der Waals surface area contributed by atoms with E-state index in [1.807, 2.05) is 12.1 Å². The normalized spacial score (nSPS) is 18.0. The second-order valence-corrected chi connectivity index (χ2v) is 15.1. The number of amides is 3. The number of carboxylic acid groups (broad SMARTS) is 1. The number of thioether (sulfide) groups is 3. The Morgan fingerprint density at radius 2 is 1.84 bits per heavy atom. The molecule has 18 heteroatoms. The van der Waals surface area contributed by atoms with Gasteiger partial charge in [-0.2, -0.15) is 8.42 Å². The number of fused-ring (bicyclic) bond motifs is 1. The van der Waals surface area contributed by atoms with Gasteiger partial charge >= 0.3 is 5.97 Å². The Morgan fingerprint density at radius 1 is 1.11 bits per heavy atom. The largest absolute Gasteiger partial charge is 0.477 e. The summed E-state index contributed by atoms with van der Waals surface area (Å²) in [6.45, 7) is 0.167. The number of hydrogen-bond acceptors (Lipinski definition) is 9. The van der Waals surface area contributed by atoms with Crippen LogP contribution in [0, 0.1) is 0 Å². The van der Waals surface area contributed by atoms with Crippen LogP contribution in [-0.2, 0) is 35.8 Å². The highest BCUT2D eigenvalue weighted by molar-refractivity contribution is 8.01. The van der Waals surface area contributed by atoms with Gasteiger partial charge in [0.25, 0.3) is 16.0 Å². The first kappa shape index (κ1) is 34.4. The van der Waals surface area contributed by atoms with Gasteiger partial charge < -0.3 is 15.7 Å². The molecule has 0 unspecified atom stereocenters. The molecule has 1 fully saturated rings. The highest BCUT2D eigenvalue weighted by atomic mass is 35.5. The summed E-state index contributed by atoms with van der Waals surface area (Å²) in [6, 6.07) is 7.72. The van der Waals surface area contributed by atoms with Crippen LogP contribution in [0.3, 0.4) is 0 Å². The lowest BCUT2D eigenvalue weighted by Crippen LogP contribution is -2.70. The molecule has 236 valence electrons. The molecule has 0 spiro atoms. The third-order valence-electron chi connectivity index (χ3n) is 6.37. The zero-order valence-electron chi connectivity index (χ0n) is 22.8. The lowest BCUT2D eigenvalue weighted by molar-refractivity contribution is -0.696. The van der Waals surface area contributed by atoms with E-state index in [2.05, 4.69) is 10.6 Å². The lowest BCUT2D eigenvalue weighted by atomic mass is 10.0. The molecule has 2 aliphatic heterocycles. The van der Waals surface area contributed by atoms with Gasteiger partial charge in [-0.3, -0.25) is 23.8 Å². The molecule has 1 aromatic carbocycles. The monoisotopic (exact) mass is 721 g/mol. The Morgan fingerprint density at radius 3 is 2.52 bits per heavy atom. The fraction of sp³-hybridized carbons (Fsp3) is 0.346. The van der Waals surface area contributed by atoms with Crippen LogP contribution < -0.4 is 15.2 Å². The number of carbonyl (C=O) groups is 4. The van der Waals surface area contributed by atoms with Gasteiger partial charge in [0, 0.05) is 45.0 Å². The average Bonchev–Trinajstić information content (AvgIpc) is 2.97. The van der Waals surface area contributed by atoms with Gasteiger partial charge in [0.1, 0.15) is 17.1 Å². The minimum atomic E-state index is -4.14. The maximum Gasteiger partial charge on any atom is 0.352 e. The SMILES string of the molecule is O=C(CC[n+]1ccc(SCC2=C(C(=O)O)N3C(=O)[C@H](NC(=O)CSc4cc(Cl)ccc4Cl)[C@H]3SC2)cc1)NCCS(=O)(=O)O. The van der Waals surface area contributed by atoms with E-state index in [0.29, 0.717) is 38.6 Å². The number of pyridine rings is 1. The minimum Gasteiger partial charge on any atom is -0.477 e. The Kier molecular flexibility index (Phi) is 11.9.